The molecule has 4 rings (SSSR count). The topological polar surface area (TPSA) is 65.4 Å². The van der Waals surface area contributed by atoms with E-state index < -0.39 is 0 Å². The van der Waals surface area contributed by atoms with Crippen LogP contribution in [0.5, 0.6) is 11.5 Å². The molecule has 2 aromatic carbocycles. The van der Waals surface area contributed by atoms with Gasteiger partial charge in [-0.25, -0.2) is 4.68 Å². The summed E-state index contributed by atoms with van der Waals surface area (Å²) in [5.41, 5.74) is 3.57. The number of rotatable bonds is 3. The third kappa shape index (κ3) is 3.42. The highest BCUT2D eigenvalue weighted by molar-refractivity contribution is 9.10. The lowest BCUT2D eigenvalue weighted by Gasteiger charge is -2.19. The second-order valence-corrected chi connectivity index (χ2v) is 7.16. The minimum Gasteiger partial charge on any atom is -0.486 e. The quantitative estimate of drug-likeness (QED) is 0.677. The molecule has 0 saturated heterocycles. The van der Waals surface area contributed by atoms with Gasteiger partial charge in [-0.1, -0.05) is 15.9 Å². The maximum absolute atomic E-state index is 12.9. The standard InChI is InChI=1S/C20H18BrN3O3/c1-12-19(13(2)24(23-12)16-6-3-14(21)4-7-16)20(25)22-15-5-8-17-18(11-15)27-10-9-26-17/h3-8,11H,9-10H2,1-2H3,(H,22,25). The van der Waals surface area contributed by atoms with Crippen LogP contribution in [0, 0.1) is 13.8 Å². The van der Waals surface area contributed by atoms with E-state index >= 15 is 0 Å². The fourth-order valence-corrected chi connectivity index (χ4v) is 3.38. The zero-order chi connectivity index (χ0) is 19.0. The van der Waals surface area contributed by atoms with Crippen molar-refractivity contribution in [3.63, 3.8) is 0 Å². The largest absolute Gasteiger partial charge is 0.486 e. The summed E-state index contributed by atoms with van der Waals surface area (Å²) < 4.78 is 13.9. The van der Waals surface area contributed by atoms with Crippen molar-refractivity contribution >= 4 is 27.5 Å². The second kappa shape index (κ2) is 7.08. The highest BCUT2D eigenvalue weighted by atomic mass is 79.9. The molecular formula is C20H18BrN3O3. The number of fused-ring (bicyclic) bond motifs is 1. The number of carbonyl (C=O) groups excluding carboxylic acids is 1. The van der Waals surface area contributed by atoms with E-state index in [0.29, 0.717) is 41.7 Å². The molecule has 0 aliphatic carbocycles. The van der Waals surface area contributed by atoms with Crippen LogP contribution in [0.1, 0.15) is 21.7 Å². The SMILES string of the molecule is Cc1nn(-c2ccc(Br)cc2)c(C)c1C(=O)Nc1ccc2c(c1)OCCO2. The predicted octanol–water partition coefficient (Wildman–Crippen LogP) is 4.28. The Kier molecular flexibility index (Phi) is 4.61. The molecule has 138 valence electrons. The van der Waals surface area contributed by atoms with Gasteiger partial charge in [0, 0.05) is 16.2 Å². The monoisotopic (exact) mass is 427 g/mol. The van der Waals surface area contributed by atoms with Gasteiger partial charge < -0.3 is 14.8 Å². The van der Waals surface area contributed by atoms with Crippen LogP contribution in [0.4, 0.5) is 5.69 Å². The first-order chi connectivity index (χ1) is 13.0. The lowest BCUT2D eigenvalue weighted by Crippen LogP contribution is -2.17. The minimum atomic E-state index is -0.204. The van der Waals surface area contributed by atoms with Crippen molar-refractivity contribution in [3.8, 4) is 17.2 Å². The second-order valence-electron chi connectivity index (χ2n) is 6.25. The van der Waals surface area contributed by atoms with E-state index in [2.05, 4.69) is 26.3 Å². The number of halogens is 1. The van der Waals surface area contributed by atoms with Crippen molar-refractivity contribution in [2.45, 2.75) is 13.8 Å². The smallest absolute Gasteiger partial charge is 0.259 e. The fraction of sp³-hybridized carbons (Fsp3) is 0.200. The van der Waals surface area contributed by atoms with Gasteiger partial charge in [-0.15, -0.1) is 0 Å². The highest BCUT2D eigenvalue weighted by Crippen LogP contribution is 2.33. The Balaban J connectivity index is 1.61. The first kappa shape index (κ1) is 17.6. The normalized spacial score (nSPS) is 12.7. The number of amides is 1. The van der Waals surface area contributed by atoms with Crippen LogP contribution in [0.3, 0.4) is 0 Å². The molecule has 0 fully saturated rings. The number of hydrogen-bond acceptors (Lipinski definition) is 4. The van der Waals surface area contributed by atoms with Crippen LogP contribution >= 0.6 is 15.9 Å². The predicted molar refractivity (Wildman–Crippen MR) is 106 cm³/mol. The lowest BCUT2D eigenvalue weighted by molar-refractivity contribution is 0.102. The average Bonchev–Trinajstić information content (AvgIpc) is 2.96. The Morgan fingerprint density at radius 1 is 1.07 bits per heavy atom. The van der Waals surface area contributed by atoms with Crippen molar-refractivity contribution in [1.82, 2.24) is 9.78 Å². The lowest BCUT2D eigenvalue weighted by atomic mass is 10.1. The van der Waals surface area contributed by atoms with Crippen molar-refractivity contribution in [2.75, 3.05) is 18.5 Å². The third-order valence-corrected chi connectivity index (χ3v) is 4.92. The van der Waals surface area contributed by atoms with Crippen LogP contribution in [-0.4, -0.2) is 28.9 Å². The summed E-state index contributed by atoms with van der Waals surface area (Å²) in [5.74, 6) is 1.12. The van der Waals surface area contributed by atoms with Gasteiger partial charge in [0.15, 0.2) is 11.5 Å². The Hall–Kier alpha value is -2.80. The van der Waals surface area contributed by atoms with Gasteiger partial charge in [0.25, 0.3) is 5.91 Å². The maximum Gasteiger partial charge on any atom is 0.259 e. The summed E-state index contributed by atoms with van der Waals surface area (Å²) >= 11 is 3.43. The molecule has 1 aliphatic heterocycles. The van der Waals surface area contributed by atoms with Crippen LogP contribution in [-0.2, 0) is 0 Å². The Morgan fingerprint density at radius 3 is 2.52 bits per heavy atom. The van der Waals surface area contributed by atoms with E-state index in [1.54, 1.807) is 22.9 Å². The molecule has 0 spiro atoms. The van der Waals surface area contributed by atoms with E-state index in [0.717, 1.165) is 15.9 Å². The van der Waals surface area contributed by atoms with Gasteiger partial charge >= 0.3 is 0 Å². The number of aryl methyl sites for hydroxylation is 1. The number of carbonyl (C=O) groups is 1. The Labute approximate surface area is 165 Å². The van der Waals surface area contributed by atoms with Crippen molar-refractivity contribution in [2.24, 2.45) is 0 Å². The molecule has 6 nitrogen and oxygen atoms in total. The van der Waals surface area contributed by atoms with Crippen LogP contribution in [0.2, 0.25) is 0 Å². The van der Waals surface area contributed by atoms with E-state index in [9.17, 15) is 4.79 Å². The molecule has 0 saturated carbocycles. The van der Waals surface area contributed by atoms with Crippen LogP contribution in [0.15, 0.2) is 46.9 Å². The molecule has 27 heavy (non-hydrogen) atoms. The molecule has 2 heterocycles. The highest BCUT2D eigenvalue weighted by Gasteiger charge is 2.20. The third-order valence-electron chi connectivity index (χ3n) is 4.39. The zero-order valence-electron chi connectivity index (χ0n) is 15.0. The average molecular weight is 428 g/mol. The van der Waals surface area contributed by atoms with Crippen LogP contribution in [0.25, 0.3) is 5.69 Å². The molecule has 1 aliphatic rings. The molecule has 0 radical (unpaired) electrons. The summed E-state index contributed by atoms with van der Waals surface area (Å²) in [7, 11) is 0. The molecule has 1 amide bonds. The number of hydrogen-bond donors (Lipinski definition) is 1. The summed E-state index contributed by atoms with van der Waals surface area (Å²) in [6.07, 6.45) is 0. The van der Waals surface area contributed by atoms with Crippen molar-refractivity contribution in [3.05, 3.63) is 63.9 Å². The number of aromatic nitrogens is 2. The van der Waals surface area contributed by atoms with Crippen molar-refractivity contribution < 1.29 is 14.3 Å². The van der Waals surface area contributed by atoms with Gasteiger partial charge in [-0.05, 0) is 50.2 Å². The number of benzene rings is 2. The number of anilines is 1. The Bertz CT molecular complexity index is 1010. The molecular weight excluding hydrogens is 410 g/mol. The first-order valence-corrected chi connectivity index (χ1v) is 9.35. The van der Waals surface area contributed by atoms with E-state index in [1.165, 1.54) is 0 Å². The molecule has 7 heteroatoms. The summed E-state index contributed by atoms with van der Waals surface area (Å²) in [6, 6.07) is 13.2. The van der Waals surface area contributed by atoms with Gasteiger partial charge in [0.05, 0.1) is 22.6 Å². The molecule has 0 bridgehead atoms. The van der Waals surface area contributed by atoms with E-state index in [4.69, 9.17) is 9.47 Å². The van der Waals surface area contributed by atoms with E-state index in [-0.39, 0.29) is 5.91 Å². The zero-order valence-corrected chi connectivity index (χ0v) is 16.5. The first-order valence-electron chi connectivity index (χ1n) is 8.56. The van der Waals surface area contributed by atoms with Gasteiger partial charge in [-0.3, -0.25) is 4.79 Å². The summed E-state index contributed by atoms with van der Waals surface area (Å²) in [5, 5.41) is 7.47. The van der Waals surface area contributed by atoms with E-state index in [1.807, 2.05) is 38.1 Å². The van der Waals surface area contributed by atoms with Gasteiger partial charge in [0.2, 0.25) is 0 Å². The number of nitrogens with one attached hydrogen (secondary N) is 1. The van der Waals surface area contributed by atoms with Gasteiger partial charge in [0.1, 0.15) is 13.2 Å². The maximum atomic E-state index is 12.9. The van der Waals surface area contributed by atoms with Crippen LogP contribution < -0.4 is 14.8 Å². The Morgan fingerprint density at radius 2 is 1.78 bits per heavy atom. The summed E-state index contributed by atoms with van der Waals surface area (Å²) in [6.45, 7) is 4.76. The molecule has 0 unspecified atom stereocenters. The molecule has 3 aromatic rings. The minimum absolute atomic E-state index is 0.204. The molecule has 1 N–H and O–H groups in total. The fourth-order valence-electron chi connectivity index (χ4n) is 3.12. The molecule has 0 atom stereocenters. The number of ether oxygens (including phenoxy) is 2. The summed E-state index contributed by atoms with van der Waals surface area (Å²) in [4.78, 5) is 12.9. The molecule has 1 aromatic heterocycles. The van der Waals surface area contributed by atoms with Crippen molar-refractivity contribution in [1.29, 1.82) is 0 Å². The van der Waals surface area contributed by atoms with Gasteiger partial charge in [-0.2, -0.15) is 5.10 Å². The number of nitrogens with zero attached hydrogens (tertiary/aromatic N) is 2.